The van der Waals surface area contributed by atoms with Crippen LogP contribution in [-0.4, -0.2) is 7.11 Å². The highest BCUT2D eigenvalue weighted by molar-refractivity contribution is 9.10. The highest BCUT2D eigenvalue weighted by Gasteiger charge is 2.03. The van der Waals surface area contributed by atoms with Gasteiger partial charge in [-0.2, -0.15) is 0 Å². The lowest BCUT2D eigenvalue weighted by Gasteiger charge is -2.07. The molecule has 1 nitrogen and oxygen atoms in total. The summed E-state index contributed by atoms with van der Waals surface area (Å²) in [6, 6.07) is 10.4. The van der Waals surface area contributed by atoms with Gasteiger partial charge in [-0.15, -0.1) is 0 Å². The van der Waals surface area contributed by atoms with Crippen LogP contribution in [0.5, 0.6) is 5.75 Å². The van der Waals surface area contributed by atoms with E-state index in [1.165, 1.54) is 16.3 Å². The zero-order chi connectivity index (χ0) is 10.8. The molecule has 3 heteroatoms. The minimum atomic E-state index is 0.856. The van der Waals surface area contributed by atoms with E-state index in [4.69, 9.17) is 4.74 Å². The predicted molar refractivity (Wildman–Crippen MR) is 70.8 cm³/mol. The normalized spacial score (nSPS) is 10.6. The summed E-state index contributed by atoms with van der Waals surface area (Å²) < 4.78 is 6.30. The molecule has 2 aromatic carbocycles. The van der Waals surface area contributed by atoms with E-state index in [9.17, 15) is 0 Å². The summed E-state index contributed by atoms with van der Waals surface area (Å²) in [6.07, 6.45) is 0. The van der Waals surface area contributed by atoms with Crippen molar-refractivity contribution in [3.05, 3.63) is 40.4 Å². The molecule has 0 amide bonds. The third kappa shape index (κ3) is 2.18. The van der Waals surface area contributed by atoms with E-state index in [0.29, 0.717) is 0 Å². The number of halogens is 2. The second-order valence-corrected chi connectivity index (χ2v) is 4.76. The van der Waals surface area contributed by atoms with Gasteiger partial charge in [0.2, 0.25) is 0 Å². The van der Waals surface area contributed by atoms with Crippen molar-refractivity contribution in [2.75, 3.05) is 7.11 Å². The van der Waals surface area contributed by atoms with E-state index in [-0.39, 0.29) is 0 Å². The molecular formula is C12H10Br2O. The molecule has 0 heterocycles. The summed E-state index contributed by atoms with van der Waals surface area (Å²) in [6.45, 7) is 0. The summed E-state index contributed by atoms with van der Waals surface area (Å²) in [5.74, 6) is 0.890. The number of ether oxygens (including phenoxy) is 1. The first-order valence-electron chi connectivity index (χ1n) is 4.56. The molecule has 0 atom stereocenters. The van der Waals surface area contributed by atoms with Crippen LogP contribution in [0.15, 0.2) is 34.8 Å². The number of alkyl halides is 1. The predicted octanol–water partition coefficient (Wildman–Crippen LogP) is 4.51. The SMILES string of the molecule is COc1ccc2c(CBr)cc(Br)cc2c1. The molecule has 0 spiro atoms. The molecule has 2 rings (SSSR count). The van der Waals surface area contributed by atoms with Gasteiger partial charge in [0.25, 0.3) is 0 Å². The molecule has 0 saturated carbocycles. The summed E-state index contributed by atoms with van der Waals surface area (Å²) in [5, 5.41) is 3.31. The number of benzene rings is 2. The van der Waals surface area contributed by atoms with Crippen molar-refractivity contribution in [3.8, 4) is 5.75 Å². The largest absolute Gasteiger partial charge is 0.497 e. The Morgan fingerprint density at radius 2 is 2.00 bits per heavy atom. The van der Waals surface area contributed by atoms with E-state index in [1.807, 2.05) is 12.1 Å². The third-order valence-electron chi connectivity index (χ3n) is 2.35. The van der Waals surface area contributed by atoms with Crippen LogP contribution in [0, 0.1) is 0 Å². The van der Waals surface area contributed by atoms with E-state index >= 15 is 0 Å². The van der Waals surface area contributed by atoms with Crippen LogP contribution < -0.4 is 4.74 Å². The summed E-state index contributed by atoms with van der Waals surface area (Å²) >= 11 is 7.01. The van der Waals surface area contributed by atoms with Gasteiger partial charge in [0, 0.05) is 9.80 Å². The number of hydrogen-bond acceptors (Lipinski definition) is 1. The first kappa shape index (κ1) is 11.0. The van der Waals surface area contributed by atoms with Crippen molar-refractivity contribution in [2.24, 2.45) is 0 Å². The minimum Gasteiger partial charge on any atom is -0.497 e. The van der Waals surface area contributed by atoms with Gasteiger partial charge in [0.05, 0.1) is 7.11 Å². The first-order chi connectivity index (χ1) is 7.24. The molecule has 0 N–H and O–H groups in total. The van der Waals surface area contributed by atoms with Crippen molar-refractivity contribution in [2.45, 2.75) is 5.33 Å². The van der Waals surface area contributed by atoms with E-state index in [0.717, 1.165) is 15.6 Å². The Kier molecular flexibility index (Phi) is 3.32. The Hall–Kier alpha value is -0.540. The van der Waals surface area contributed by atoms with Gasteiger partial charge >= 0.3 is 0 Å². The monoisotopic (exact) mass is 328 g/mol. The quantitative estimate of drug-likeness (QED) is 0.737. The van der Waals surface area contributed by atoms with Crippen LogP contribution in [0.4, 0.5) is 0 Å². The topological polar surface area (TPSA) is 9.23 Å². The highest BCUT2D eigenvalue weighted by atomic mass is 79.9. The Morgan fingerprint density at radius 3 is 2.67 bits per heavy atom. The van der Waals surface area contributed by atoms with Crippen LogP contribution in [0.3, 0.4) is 0 Å². The molecule has 0 aliphatic rings. The number of fused-ring (bicyclic) bond motifs is 1. The molecule has 0 radical (unpaired) electrons. The van der Waals surface area contributed by atoms with Crippen LogP contribution in [-0.2, 0) is 5.33 Å². The maximum atomic E-state index is 5.21. The fourth-order valence-corrected chi connectivity index (χ4v) is 2.61. The lowest BCUT2D eigenvalue weighted by Crippen LogP contribution is -1.86. The molecule has 0 bridgehead atoms. The lowest BCUT2D eigenvalue weighted by atomic mass is 10.1. The van der Waals surface area contributed by atoms with Gasteiger partial charge < -0.3 is 4.74 Å². The number of methoxy groups -OCH3 is 1. The molecule has 0 fully saturated rings. The van der Waals surface area contributed by atoms with Gasteiger partial charge in [-0.05, 0) is 40.6 Å². The van der Waals surface area contributed by atoms with Crippen molar-refractivity contribution in [3.63, 3.8) is 0 Å². The van der Waals surface area contributed by atoms with E-state index < -0.39 is 0 Å². The van der Waals surface area contributed by atoms with Gasteiger partial charge in [0.1, 0.15) is 5.75 Å². The maximum Gasteiger partial charge on any atom is 0.119 e. The van der Waals surface area contributed by atoms with E-state index in [1.54, 1.807) is 7.11 Å². The smallest absolute Gasteiger partial charge is 0.119 e. The summed E-state index contributed by atoms with van der Waals surface area (Å²) in [7, 11) is 1.69. The number of hydrogen-bond donors (Lipinski definition) is 0. The Morgan fingerprint density at radius 1 is 1.20 bits per heavy atom. The molecule has 0 aromatic heterocycles. The van der Waals surface area contributed by atoms with Gasteiger partial charge in [-0.1, -0.05) is 37.9 Å². The molecule has 0 saturated heterocycles. The Balaban J connectivity index is 2.72. The molecular weight excluding hydrogens is 320 g/mol. The zero-order valence-corrected chi connectivity index (χ0v) is 11.4. The average molecular weight is 330 g/mol. The summed E-state index contributed by atoms with van der Waals surface area (Å²) in [4.78, 5) is 0. The van der Waals surface area contributed by atoms with Crippen molar-refractivity contribution in [1.82, 2.24) is 0 Å². The number of rotatable bonds is 2. The molecule has 0 unspecified atom stereocenters. The fourth-order valence-electron chi connectivity index (χ4n) is 1.62. The minimum absolute atomic E-state index is 0.856. The summed E-state index contributed by atoms with van der Waals surface area (Å²) in [5.41, 5.74) is 1.28. The van der Waals surface area contributed by atoms with Crippen LogP contribution in [0.25, 0.3) is 10.8 Å². The standard InChI is InChI=1S/C12H10Br2O/c1-15-11-2-3-12-8(6-11)4-10(14)5-9(12)7-13/h2-6H,7H2,1H3. The molecule has 0 aliphatic heterocycles. The van der Waals surface area contributed by atoms with Crippen LogP contribution in [0.2, 0.25) is 0 Å². The molecule has 0 aliphatic carbocycles. The second-order valence-electron chi connectivity index (χ2n) is 3.29. The average Bonchev–Trinajstić information content (AvgIpc) is 2.26. The first-order valence-corrected chi connectivity index (χ1v) is 6.48. The second kappa shape index (κ2) is 4.54. The lowest BCUT2D eigenvalue weighted by molar-refractivity contribution is 0.415. The van der Waals surface area contributed by atoms with Crippen molar-refractivity contribution < 1.29 is 4.74 Å². The van der Waals surface area contributed by atoms with Gasteiger partial charge in [-0.3, -0.25) is 0 Å². The third-order valence-corrected chi connectivity index (χ3v) is 3.42. The Labute approximate surface area is 106 Å². The van der Waals surface area contributed by atoms with Gasteiger partial charge in [0.15, 0.2) is 0 Å². The van der Waals surface area contributed by atoms with Crippen LogP contribution >= 0.6 is 31.9 Å². The molecule has 2 aromatic rings. The Bertz CT molecular complexity index is 494. The van der Waals surface area contributed by atoms with Gasteiger partial charge in [-0.25, -0.2) is 0 Å². The van der Waals surface area contributed by atoms with Crippen LogP contribution in [0.1, 0.15) is 5.56 Å². The maximum absolute atomic E-state index is 5.21. The molecule has 15 heavy (non-hydrogen) atoms. The van der Waals surface area contributed by atoms with E-state index in [2.05, 4.69) is 50.1 Å². The van der Waals surface area contributed by atoms with Crippen molar-refractivity contribution in [1.29, 1.82) is 0 Å². The fraction of sp³-hybridized carbons (Fsp3) is 0.167. The highest BCUT2D eigenvalue weighted by Crippen LogP contribution is 2.28. The molecule has 78 valence electrons. The zero-order valence-electron chi connectivity index (χ0n) is 8.26. The van der Waals surface area contributed by atoms with Crippen molar-refractivity contribution >= 4 is 42.6 Å².